The number of aliphatic hydroxyl groups is 2. The van der Waals surface area contributed by atoms with Gasteiger partial charge in [-0.15, -0.1) is 0 Å². The van der Waals surface area contributed by atoms with E-state index in [2.05, 4.69) is 24.4 Å². The molecule has 0 saturated carbocycles. The molecule has 0 aromatic rings. The zero-order chi connectivity index (χ0) is 7.15. The first-order valence-electron chi connectivity index (χ1n) is 1.86. The topological polar surface area (TPSA) is 40.5 Å². The van der Waals surface area contributed by atoms with Crippen molar-refractivity contribution in [2.75, 3.05) is 0 Å². The van der Waals surface area contributed by atoms with Crippen LogP contribution in [0.3, 0.4) is 0 Å². The Kier molecular flexibility index (Phi) is 20.0. The molecule has 2 N–H and O–H groups in total. The van der Waals surface area contributed by atoms with Gasteiger partial charge in [0.2, 0.25) is 0 Å². The van der Waals surface area contributed by atoms with Gasteiger partial charge in [0, 0.05) is 30.9 Å². The molecular weight excluding hydrogens is 199 g/mol. The summed E-state index contributed by atoms with van der Waals surface area (Å²) < 4.78 is 0. The maximum atomic E-state index is 7.79. The first-order valence-corrected chi connectivity index (χ1v) is 2.67. The van der Waals surface area contributed by atoms with Crippen LogP contribution in [-0.2, 0) is 17.1 Å². The molecule has 0 spiro atoms. The fourth-order valence-corrected chi connectivity index (χ4v) is 0. The third-order valence-corrected chi connectivity index (χ3v) is 0. The van der Waals surface area contributed by atoms with Crippen molar-refractivity contribution in [2.45, 2.75) is 13.8 Å². The molecule has 0 unspecified atom stereocenters. The van der Waals surface area contributed by atoms with Crippen LogP contribution in [0, 0.1) is 0 Å². The zero-order valence-corrected chi connectivity index (χ0v) is 7.90. The molecule has 0 aromatic heterocycles. The summed E-state index contributed by atoms with van der Waals surface area (Å²) in [5.74, 6) is 0. The molecule has 1 radical (unpaired) electrons. The average molecular weight is 207 g/mol. The van der Waals surface area contributed by atoms with Crippen LogP contribution in [0.25, 0.3) is 0 Å². The maximum absolute atomic E-state index is 7.79. The summed E-state index contributed by atoms with van der Waals surface area (Å²) in [6.07, 6.45) is 0. The number of hydrogen-bond donors (Lipinski definition) is 2. The van der Waals surface area contributed by atoms with Crippen LogP contribution in [0.2, 0.25) is 0 Å². The Bertz CT molecular complexity index is 74.6. The third kappa shape index (κ3) is 3670. The molecule has 0 rings (SSSR count). The molecule has 0 heterocycles. The number of aliphatic hydroxyl groups excluding tert-OH is 2. The van der Waals surface area contributed by atoms with E-state index < -0.39 is 0 Å². The standard InChI is InChI=1S/2C2H4OS.Mn/c2*1-2(3)4;/h2*1H3,(H,3,4);. The molecule has 9 heavy (non-hydrogen) atoms. The van der Waals surface area contributed by atoms with Crippen molar-refractivity contribution in [3.8, 4) is 0 Å². The van der Waals surface area contributed by atoms with E-state index in [4.69, 9.17) is 10.2 Å². The van der Waals surface area contributed by atoms with E-state index in [0.29, 0.717) is 0 Å². The number of rotatable bonds is 0. The minimum atomic E-state index is 0. The molecular formula is C4H8MnO2S2. The summed E-state index contributed by atoms with van der Waals surface area (Å²) in [5.41, 5.74) is 0. The SMILES string of the molecule is CC(O)=S.CC(O)=S.[Mn]. The minimum absolute atomic E-state index is 0. The Balaban J connectivity index is -0.0000000720. The largest absolute Gasteiger partial charge is 0.502 e. The molecule has 0 atom stereocenters. The average Bonchev–Trinajstić information content (AvgIpc) is 1.25. The molecule has 0 fully saturated rings. The van der Waals surface area contributed by atoms with Gasteiger partial charge in [0.25, 0.3) is 0 Å². The molecule has 0 aliphatic rings. The van der Waals surface area contributed by atoms with Gasteiger partial charge in [-0.25, -0.2) is 0 Å². The van der Waals surface area contributed by atoms with E-state index in [1.165, 1.54) is 13.8 Å². The van der Waals surface area contributed by atoms with Crippen LogP contribution >= 0.6 is 24.4 Å². The molecule has 0 bridgehead atoms. The van der Waals surface area contributed by atoms with Crippen molar-refractivity contribution in [1.82, 2.24) is 0 Å². The van der Waals surface area contributed by atoms with Gasteiger partial charge in [-0.1, -0.05) is 0 Å². The van der Waals surface area contributed by atoms with Crippen LogP contribution in [-0.4, -0.2) is 20.3 Å². The van der Waals surface area contributed by atoms with Gasteiger partial charge in [-0.3, -0.25) is 0 Å². The molecule has 0 aliphatic heterocycles. The fraction of sp³-hybridized carbons (Fsp3) is 0.500. The normalized spacial score (nSPS) is 5.56. The van der Waals surface area contributed by atoms with Crippen LogP contribution in [0.4, 0.5) is 0 Å². The van der Waals surface area contributed by atoms with E-state index >= 15 is 0 Å². The quantitative estimate of drug-likeness (QED) is 0.469. The van der Waals surface area contributed by atoms with Gasteiger partial charge >= 0.3 is 0 Å². The van der Waals surface area contributed by atoms with Crippen molar-refractivity contribution in [1.29, 1.82) is 0 Å². The Morgan fingerprint density at radius 2 is 1.00 bits per heavy atom. The van der Waals surface area contributed by atoms with Crippen molar-refractivity contribution < 1.29 is 27.3 Å². The fourth-order valence-electron chi connectivity index (χ4n) is 0. The van der Waals surface area contributed by atoms with Crippen LogP contribution in [0.1, 0.15) is 13.8 Å². The smallest absolute Gasteiger partial charge is 0.153 e. The first kappa shape index (κ1) is 16.1. The van der Waals surface area contributed by atoms with Crippen LogP contribution in [0.5, 0.6) is 0 Å². The summed E-state index contributed by atoms with van der Waals surface area (Å²) in [5, 5.41) is 15.6. The Morgan fingerprint density at radius 1 is 1.00 bits per heavy atom. The summed E-state index contributed by atoms with van der Waals surface area (Å²) in [7, 11) is 0. The van der Waals surface area contributed by atoms with Gasteiger partial charge < -0.3 is 10.2 Å². The monoisotopic (exact) mass is 207 g/mol. The van der Waals surface area contributed by atoms with Gasteiger partial charge in [-0.2, -0.15) is 0 Å². The van der Waals surface area contributed by atoms with E-state index in [1.54, 1.807) is 0 Å². The van der Waals surface area contributed by atoms with Gasteiger partial charge in [0.15, 0.2) is 10.1 Å². The minimum Gasteiger partial charge on any atom is -0.502 e. The molecule has 2 nitrogen and oxygen atoms in total. The first-order chi connectivity index (χ1) is 3.46. The molecule has 55 valence electrons. The Morgan fingerprint density at radius 3 is 1.00 bits per heavy atom. The molecule has 5 heteroatoms. The Hall–Kier alpha value is 0.299. The van der Waals surface area contributed by atoms with Crippen molar-refractivity contribution in [2.24, 2.45) is 0 Å². The summed E-state index contributed by atoms with van der Waals surface area (Å²) in [6.45, 7) is 2.91. The van der Waals surface area contributed by atoms with E-state index in [9.17, 15) is 0 Å². The van der Waals surface area contributed by atoms with Gasteiger partial charge in [0.1, 0.15) is 0 Å². The Labute approximate surface area is 75.7 Å². The van der Waals surface area contributed by atoms with E-state index in [0.717, 1.165) is 0 Å². The van der Waals surface area contributed by atoms with E-state index in [-0.39, 0.29) is 27.2 Å². The van der Waals surface area contributed by atoms with Crippen LogP contribution < -0.4 is 0 Å². The summed E-state index contributed by atoms with van der Waals surface area (Å²) in [6, 6.07) is 0. The van der Waals surface area contributed by atoms with Gasteiger partial charge in [-0.05, 0) is 24.4 Å². The molecule has 0 aliphatic carbocycles. The van der Waals surface area contributed by atoms with E-state index in [1.807, 2.05) is 0 Å². The maximum Gasteiger partial charge on any atom is 0.153 e. The summed E-state index contributed by atoms with van der Waals surface area (Å²) in [4.78, 5) is 0. The second-order valence-corrected chi connectivity index (χ2v) is 2.22. The van der Waals surface area contributed by atoms with Gasteiger partial charge in [0.05, 0.1) is 0 Å². The second kappa shape index (κ2) is 11.1. The van der Waals surface area contributed by atoms with Crippen molar-refractivity contribution in [3.63, 3.8) is 0 Å². The molecule has 0 aromatic carbocycles. The predicted octanol–water partition coefficient (Wildman–Crippen LogP) is 1.78. The summed E-state index contributed by atoms with van der Waals surface area (Å²) >= 11 is 8.19. The number of hydrogen-bond acceptors (Lipinski definition) is 2. The second-order valence-electron chi connectivity index (χ2n) is 1.04. The molecule has 0 saturated heterocycles. The molecule has 0 amide bonds. The predicted molar refractivity (Wildman–Crippen MR) is 41.8 cm³/mol. The zero-order valence-electron chi connectivity index (χ0n) is 5.09. The van der Waals surface area contributed by atoms with Crippen molar-refractivity contribution >= 4 is 34.5 Å². The van der Waals surface area contributed by atoms with Crippen LogP contribution in [0.15, 0.2) is 0 Å². The third-order valence-electron chi connectivity index (χ3n) is 0. The van der Waals surface area contributed by atoms with Crippen molar-refractivity contribution in [3.05, 3.63) is 0 Å². The number of thiocarbonyl (C=S) groups is 2.